The van der Waals surface area contributed by atoms with E-state index in [1.165, 1.54) is 6.33 Å². The van der Waals surface area contributed by atoms with Crippen LogP contribution >= 0.6 is 0 Å². The summed E-state index contributed by atoms with van der Waals surface area (Å²) >= 11 is 0. The minimum absolute atomic E-state index is 0.264. The van der Waals surface area contributed by atoms with E-state index in [2.05, 4.69) is 30.4 Å². The van der Waals surface area contributed by atoms with Gasteiger partial charge in [-0.15, -0.1) is 0 Å². The first-order valence-electron chi connectivity index (χ1n) is 7.64. The molecule has 0 aliphatic rings. The fourth-order valence-electron chi connectivity index (χ4n) is 2.47. The van der Waals surface area contributed by atoms with Crippen LogP contribution in [0, 0.1) is 0 Å². The Morgan fingerprint density at radius 1 is 1.24 bits per heavy atom. The first-order valence-corrected chi connectivity index (χ1v) is 7.64. The first-order chi connectivity index (χ1) is 12.2. The lowest BCUT2D eigenvalue weighted by atomic mass is 10.2. The minimum atomic E-state index is -0.540. The average Bonchev–Trinajstić information content (AvgIpc) is 3.28. The van der Waals surface area contributed by atoms with Crippen LogP contribution in [-0.2, 0) is 6.67 Å². The summed E-state index contributed by atoms with van der Waals surface area (Å²) in [7, 11) is 0. The number of rotatable bonds is 5. The summed E-state index contributed by atoms with van der Waals surface area (Å²) in [5.74, 6) is 1.03. The van der Waals surface area contributed by atoms with E-state index in [4.69, 9.17) is 4.42 Å². The minimum Gasteiger partial charge on any atom is -0.424 e. The molecule has 0 fully saturated rings. The molecule has 4 rings (SSSR count). The molecular weight excluding hydrogens is 325 g/mol. The highest BCUT2D eigenvalue weighted by Crippen LogP contribution is 2.24. The number of alkyl halides is 1. The zero-order chi connectivity index (χ0) is 17.2. The van der Waals surface area contributed by atoms with Crippen LogP contribution in [0.5, 0.6) is 0 Å². The van der Waals surface area contributed by atoms with E-state index in [0.717, 1.165) is 0 Å². The molecule has 3 heterocycles. The Labute approximate surface area is 141 Å². The Hall–Kier alpha value is -3.36. The van der Waals surface area contributed by atoms with Gasteiger partial charge in [0, 0.05) is 12.4 Å². The fraction of sp³-hybridized carbons (Fsp3) is 0.188. The van der Waals surface area contributed by atoms with Crippen LogP contribution in [0.3, 0.4) is 0 Å². The van der Waals surface area contributed by atoms with Crippen molar-refractivity contribution in [2.75, 3.05) is 5.32 Å². The lowest BCUT2D eigenvalue weighted by molar-refractivity contribution is 0.485. The SMILES string of the molecule is CC(Nc1nc2cc(CF)ccc2o1)c1ncnn1-c1ncccn1. The van der Waals surface area contributed by atoms with Gasteiger partial charge >= 0.3 is 0 Å². The monoisotopic (exact) mass is 339 g/mol. The van der Waals surface area contributed by atoms with Gasteiger partial charge in [-0.2, -0.15) is 14.8 Å². The van der Waals surface area contributed by atoms with Crippen LogP contribution in [0.15, 0.2) is 47.4 Å². The summed E-state index contributed by atoms with van der Waals surface area (Å²) in [6.07, 6.45) is 4.70. The van der Waals surface area contributed by atoms with Crippen LogP contribution < -0.4 is 5.32 Å². The van der Waals surface area contributed by atoms with Crippen LogP contribution in [0.1, 0.15) is 24.4 Å². The van der Waals surface area contributed by atoms with Crippen molar-refractivity contribution >= 4 is 17.1 Å². The topological polar surface area (TPSA) is 94.6 Å². The molecule has 8 nitrogen and oxygen atoms in total. The van der Waals surface area contributed by atoms with Crippen LogP contribution in [0.25, 0.3) is 17.0 Å². The molecule has 0 bridgehead atoms. The van der Waals surface area contributed by atoms with Gasteiger partial charge in [0.1, 0.15) is 18.5 Å². The quantitative estimate of drug-likeness (QED) is 0.597. The lowest BCUT2D eigenvalue weighted by Crippen LogP contribution is -2.15. The molecule has 4 aromatic rings. The van der Waals surface area contributed by atoms with E-state index in [0.29, 0.717) is 34.5 Å². The number of hydrogen-bond acceptors (Lipinski definition) is 7. The van der Waals surface area contributed by atoms with E-state index < -0.39 is 6.67 Å². The van der Waals surface area contributed by atoms with Crippen molar-refractivity contribution in [3.05, 3.63) is 54.4 Å². The molecule has 1 aromatic carbocycles. The molecular formula is C16H14FN7O. The number of oxazole rings is 1. The van der Waals surface area contributed by atoms with Gasteiger partial charge in [-0.3, -0.25) is 0 Å². The highest BCUT2D eigenvalue weighted by molar-refractivity contribution is 5.75. The second kappa shape index (κ2) is 6.27. The number of halogens is 1. The second-order valence-electron chi connectivity index (χ2n) is 5.40. The maximum Gasteiger partial charge on any atom is 0.296 e. The maximum atomic E-state index is 12.8. The highest BCUT2D eigenvalue weighted by Gasteiger charge is 2.18. The van der Waals surface area contributed by atoms with E-state index >= 15 is 0 Å². The first kappa shape index (κ1) is 15.2. The second-order valence-corrected chi connectivity index (χ2v) is 5.40. The van der Waals surface area contributed by atoms with Crippen molar-refractivity contribution < 1.29 is 8.81 Å². The van der Waals surface area contributed by atoms with Gasteiger partial charge < -0.3 is 9.73 Å². The number of anilines is 1. The van der Waals surface area contributed by atoms with Crippen molar-refractivity contribution in [3.63, 3.8) is 0 Å². The molecule has 1 atom stereocenters. The van der Waals surface area contributed by atoms with Gasteiger partial charge in [0.2, 0.25) is 0 Å². The maximum absolute atomic E-state index is 12.8. The van der Waals surface area contributed by atoms with Crippen molar-refractivity contribution in [2.24, 2.45) is 0 Å². The van der Waals surface area contributed by atoms with E-state index in [1.807, 2.05) is 6.92 Å². The summed E-state index contributed by atoms with van der Waals surface area (Å²) < 4.78 is 19.9. The predicted molar refractivity (Wildman–Crippen MR) is 87.8 cm³/mol. The molecule has 0 aliphatic carbocycles. The summed E-state index contributed by atoms with van der Waals surface area (Å²) in [6.45, 7) is 1.35. The van der Waals surface area contributed by atoms with E-state index in [-0.39, 0.29) is 6.04 Å². The summed E-state index contributed by atoms with van der Waals surface area (Å²) in [5.41, 5.74) is 1.74. The lowest BCUT2D eigenvalue weighted by Gasteiger charge is -2.11. The third-order valence-electron chi connectivity index (χ3n) is 3.65. The number of aromatic nitrogens is 6. The molecule has 9 heteroatoms. The summed E-state index contributed by atoms with van der Waals surface area (Å²) in [5, 5.41) is 7.29. The largest absolute Gasteiger partial charge is 0.424 e. The molecule has 0 spiro atoms. The van der Waals surface area contributed by atoms with E-state index in [9.17, 15) is 4.39 Å². The average molecular weight is 339 g/mol. The van der Waals surface area contributed by atoms with Gasteiger partial charge in [-0.05, 0) is 30.7 Å². The Kier molecular flexibility index (Phi) is 3.81. The van der Waals surface area contributed by atoms with Gasteiger partial charge in [0.05, 0.1) is 6.04 Å². The smallest absolute Gasteiger partial charge is 0.296 e. The molecule has 1 N–H and O–H groups in total. The van der Waals surface area contributed by atoms with Gasteiger partial charge in [0.15, 0.2) is 11.4 Å². The van der Waals surface area contributed by atoms with E-state index in [1.54, 1.807) is 41.3 Å². The zero-order valence-electron chi connectivity index (χ0n) is 13.3. The number of benzene rings is 1. The number of fused-ring (bicyclic) bond motifs is 1. The van der Waals surface area contributed by atoms with Crippen molar-refractivity contribution in [3.8, 4) is 5.95 Å². The molecule has 0 saturated heterocycles. The molecule has 0 saturated carbocycles. The Bertz CT molecular complexity index is 998. The third-order valence-corrected chi connectivity index (χ3v) is 3.65. The molecule has 0 amide bonds. The Balaban J connectivity index is 1.61. The normalized spacial score (nSPS) is 12.4. The van der Waals surface area contributed by atoms with Crippen LogP contribution in [-0.4, -0.2) is 29.7 Å². The fourth-order valence-corrected chi connectivity index (χ4v) is 2.47. The van der Waals surface area contributed by atoms with Crippen molar-refractivity contribution in [2.45, 2.75) is 19.6 Å². The number of hydrogen-bond donors (Lipinski definition) is 1. The van der Waals surface area contributed by atoms with Crippen LogP contribution in [0.4, 0.5) is 10.4 Å². The molecule has 3 aromatic heterocycles. The number of nitrogens with zero attached hydrogens (tertiary/aromatic N) is 6. The van der Waals surface area contributed by atoms with Gasteiger partial charge in [-0.25, -0.2) is 19.3 Å². The standard InChI is InChI=1S/C16H14FN7O/c1-10(14-20-9-21-24(14)15-18-5-2-6-19-15)22-16-23-12-7-11(8-17)3-4-13(12)25-16/h2-7,9-10H,8H2,1H3,(H,22,23). The zero-order valence-corrected chi connectivity index (χ0v) is 13.3. The molecule has 25 heavy (non-hydrogen) atoms. The highest BCUT2D eigenvalue weighted by atomic mass is 19.1. The Morgan fingerprint density at radius 2 is 2.08 bits per heavy atom. The molecule has 126 valence electrons. The van der Waals surface area contributed by atoms with Crippen molar-refractivity contribution in [1.29, 1.82) is 0 Å². The molecule has 0 aliphatic heterocycles. The Morgan fingerprint density at radius 3 is 2.88 bits per heavy atom. The van der Waals surface area contributed by atoms with Crippen LogP contribution in [0.2, 0.25) is 0 Å². The summed E-state index contributed by atoms with van der Waals surface area (Å²) in [6, 6.07) is 6.82. The number of nitrogens with one attached hydrogen (secondary N) is 1. The van der Waals surface area contributed by atoms with Crippen molar-refractivity contribution in [1.82, 2.24) is 29.7 Å². The van der Waals surface area contributed by atoms with Gasteiger partial charge in [-0.1, -0.05) is 6.07 Å². The summed E-state index contributed by atoms with van der Waals surface area (Å²) in [4.78, 5) is 16.9. The molecule has 1 unspecified atom stereocenters. The molecule has 0 radical (unpaired) electrons. The van der Waals surface area contributed by atoms with Gasteiger partial charge in [0.25, 0.3) is 12.0 Å². The predicted octanol–water partition coefficient (Wildman–Crippen LogP) is 2.84. The third kappa shape index (κ3) is 2.91.